The van der Waals surface area contributed by atoms with Gasteiger partial charge in [-0.2, -0.15) is 0 Å². The predicted molar refractivity (Wildman–Crippen MR) is 78.8 cm³/mol. The molecule has 1 atom stereocenters. The van der Waals surface area contributed by atoms with E-state index in [1.165, 1.54) is 38.8 Å². The van der Waals surface area contributed by atoms with E-state index in [1.807, 2.05) is 12.1 Å². The van der Waals surface area contributed by atoms with Crippen LogP contribution in [0.4, 0.5) is 4.39 Å². The lowest BCUT2D eigenvalue weighted by Crippen LogP contribution is -2.32. The molecule has 1 aliphatic heterocycles. The fraction of sp³-hybridized carbons (Fsp3) is 0.647. The molecule has 0 aromatic heterocycles. The van der Waals surface area contributed by atoms with Gasteiger partial charge in [0.1, 0.15) is 5.82 Å². The van der Waals surface area contributed by atoms with Crippen molar-refractivity contribution < 1.29 is 4.39 Å². The molecule has 2 heteroatoms. The zero-order valence-corrected chi connectivity index (χ0v) is 12.2. The number of benzene rings is 1. The summed E-state index contributed by atoms with van der Waals surface area (Å²) in [5.74, 6) is 0.740. The second-order valence-electron chi connectivity index (χ2n) is 6.16. The lowest BCUT2D eigenvalue weighted by Gasteiger charge is -2.25. The quantitative estimate of drug-likeness (QED) is 0.741. The van der Waals surface area contributed by atoms with Gasteiger partial charge in [-0.15, -0.1) is 0 Å². The Morgan fingerprint density at radius 3 is 2.84 bits per heavy atom. The normalized spacial score (nSPS) is 20.3. The van der Waals surface area contributed by atoms with Crippen LogP contribution in [0.25, 0.3) is 0 Å². The molecule has 19 heavy (non-hydrogen) atoms. The number of nitrogens with zero attached hydrogens (tertiary/aromatic N) is 1. The second-order valence-corrected chi connectivity index (χ2v) is 6.16. The Kier molecular flexibility index (Phi) is 5.38. The maximum absolute atomic E-state index is 13.7. The number of likely N-dealkylation sites (tertiary alicyclic amines) is 1. The van der Waals surface area contributed by atoms with E-state index in [4.69, 9.17) is 0 Å². The first-order chi connectivity index (χ1) is 9.16. The van der Waals surface area contributed by atoms with Crippen molar-refractivity contribution in [2.45, 2.75) is 52.0 Å². The fourth-order valence-electron chi connectivity index (χ4n) is 3.04. The average molecular weight is 263 g/mol. The van der Waals surface area contributed by atoms with Crippen molar-refractivity contribution >= 4 is 0 Å². The summed E-state index contributed by atoms with van der Waals surface area (Å²) in [5.41, 5.74) is 0.878. The van der Waals surface area contributed by atoms with E-state index in [9.17, 15) is 4.39 Å². The first-order valence-corrected chi connectivity index (χ1v) is 7.64. The topological polar surface area (TPSA) is 3.24 Å². The van der Waals surface area contributed by atoms with Crippen LogP contribution in [0, 0.1) is 11.7 Å². The third-order valence-electron chi connectivity index (χ3n) is 4.14. The highest BCUT2D eigenvalue weighted by molar-refractivity contribution is 5.18. The summed E-state index contributed by atoms with van der Waals surface area (Å²) >= 11 is 0. The number of hydrogen-bond donors (Lipinski definition) is 0. The standard InChI is InChI=1S/C17H26FN/c1-14(2)7-5-11-19-12-6-9-16(19)13-15-8-3-4-10-17(15)18/h3-4,8,10,14,16H,5-7,9,11-13H2,1-2H3. The van der Waals surface area contributed by atoms with Gasteiger partial charge in [-0.25, -0.2) is 4.39 Å². The van der Waals surface area contributed by atoms with Crippen LogP contribution >= 0.6 is 0 Å². The molecule has 0 spiro atoms. The van der Waals surface area contributed by atoms with Gasteiger partial charge in [0, 0.05) is 6.04 Å². The molecule has 0 bridgehead atoms. The van der Waals surface area contributed by atoms with Crippen LogP contribution in [0.3, 0.4) is 0 Å². The molecule has 2 rings (SSSR count). The zero-order valence-electron chi connectivity index (χ0n) is 12.2. The van der Waals surface area contributed by atoms with Crippen molar-refractivity contribution in [3.8, 4) is 0 Å². The minimum Gasteiger partial charge on any atom is -0.300 e. The SMILES string of the molecule is CC(C)CCCN1CCCC1Cc1ccccc1F. The Hall–Kier alpha value is -0.890. The van der Waals surface area contributed by atoms with Crippen LogP contribution < -0.4 is 0 Å². The van der Waals surface area contributed by atoms with Crippen LogP contribution in [-0.4, -0.2) is 24.0 Å². The van der Waals surface area contributed by atoms with Crippen molar-refractivity contribution in [2.24, 2.45) is 5.92 Å². The van der Waals surface area contributed by atoms with Crippen LogP contribution in [0.2, 0.25) is 0 Å². The molecule has 0 amide bonds. The van der Waals surface area contributed by atoms with Crippen molar-refractivity contribution in [1.29, 1.82) is 0 Å². The molecule has 1 fully saturated rings. The summed E-state index contributed by atoms with van der Waals surface area (Å²) in [6, 6.07) is 7.77. The summed E-state index contributed by atoms with van der Waals surface area (Å²) in [5, 5.41) is 0. The van der Waals surface area contributed by atoms with Gasteiger partial charge < -0.3 is 4.90 Å². The Bertz CT molecular complexity index is 389. The summed E-state index contributed by atoms with van der Waals surface area (Å²) in [6.45, 7) is 6.93. The molecule has 0 saturated carbocycles. The minimum absolute atomic E-state index is 0.0449. The molecule has 1 aromatic carbocycles. The van der Waals surface area contributed by atoms with Gasteiger partial charge in [0.15, 0.2) is 0 Å². The molecule has 0 radical (unpaired) electrons. The van der Waals surface area contributed by atoms with E-state index in [0.717, 1.165) is 17.9 Å². The summed E-state index contributed by atoms with van der Waals surface area (Å²) in [7, 11) is 0. The van der Waals surface area contributed by atoms with Gasteiger partial charge in [0.25, 0.3) is 0 Å². The van der Waals surface area contributed by atoms with Crippen molar-refractivity contribution in [3.63, 3.8) is 0 Å². The number of rotatable bonds is 6. The Morgan fingerprint density at radius 1 is 1.32 bits per heavy atom. The minimum atomic E-state index is -0.0449. The second kappa shape index (κ2) is 7.04. The van der Waals surface area contributed by atoms with E-state index in [0.29, 0.717) is 6.04 Å². The van der Waals surface area contributed by atoms with Crippen LogP contribution in [0.5, 0.6) is 0 Å². The van der Waals surface area contributed by atoms with Crippen LogP contribution in [-0.2, 0) is 6.42 Å². The smallest absolute Gasteiger partial charge is 0.126 e. The molecule has 1 unspecified atom stereocenters. The molecular weight excluding hydrogens is 237 g/mol. The van der Waals surface area contributed by atoms with E-state index < -0.39 is 0 Å². The van der Waals surface area contributed by atoms with Gasteiger partial charge in [0.05, 0.1) is 0 Å². The maximum Gasteiger partial charge on any atom is 0.126 e. The monoisotopic (exact) mass is 263 g/mol. The third kappa shape index (κ3) is 4.31. The highest BCUT2D eigenvalue weighted by Gasteiger charge is 2.24. The third-order valence-corrected chi connectivity index (χ3v) is 4.14. The van der Waals surface area contributed by atoms with E-state index in [1.54, 1.807) is 12.1 Å². The predicted octanol–water partition coefficient (Wildman–Crippen LogP) is 4.27. The summed E-state index contributed by atoms with van der Waals surface area (Å²) in [4.78, 5) is 2.56. The number of hydrogen-bond acceptors (Lipinski definition) is 1. The first-order valence-electron chi connectivity index (χ1n) is 7.64. The molecule has 1 aromatic rings. The summed E-state index contributed by atoms with van der Waals surface area (Å²) < 4.78 is 13.7. The molecule has 1 aliphatic rings. The van der Waals surface area contributed by atoms with Gasteiger partial charge in [-0.3, -0.25) is 0 Å². The first kappa shape index (κ1) is 14.5. The highest BCUT2D eigenvalue weighted by atomic mass is 19.1. The Balaban J connectivity index is 1.87. The van der Waals surface area contributed by atoms with Crippen molar-refractivity contribution in [1.82, 2.24) is 4.90 Å². The molecule has 1 heterocycles. The highest BCUT2D eigenvalue weighted by Crippen LogP contribution is 2.23. The fourth-order valence-corrected chi connectivity index (χ4v) is 3.04. The number of halogens is 1. The van der Waals surface area contributed by atoms with E-state index >= 15 is 0 Å². The Morgan fingerprint density at radius 2 is 2.11 bits per heavy atom. The maximum atomic E-state index is 13.7. The van der Waals surface area contributed by atoms with Crippen molar-refractivity contribution in [2.75, 3.05) is 13.1 Å². The molecule has 1 nitrogen and oxygen atoms in total. The van der Waals surface area contributed by atoms with Crippen molar-refractivity contribution in [3.05, 3.63) is 35.6 Å². The van der Waals surface area contributed by atoms with E-state index in [-0.39, 0.29) is 5.82 Å². The molecule has 0 aliphatic carbocycles. The van der Waals surface area contributed by atoms with Crippen LogP contribution in [0.15, 0.2) is 24.3 Å². The lowest BCUT2D eigenvalue weighted by molar-refractivity contribution is 0.242. The van der Waals surface area contributed by atoms with Gasteiger partial charge in [0.2, 0.25) is 0 Å². The molecule has 1 saturated heterocycles. The molecule has 106 valence electrons. The Labute approximate surface area is 116 Å². The van der Waals surface area contributed by atoms with Gasteiger partial charge in [-0.05, 0) is 62.7 Å². The van der Waals surface area contributed by atoms with Gasteiger partial charge >= 0.3 is 0 Å². The van der Waals surface area contributed by atoms with Gasteiger partial charge in [-0.1, -0.05) is 32.0 Å². The van der Waals surface area contributed by atoms with Crippen LogP contribution in [0.1, 0.15) is 45.1 Å². The zero-order chi connectivity index (χ0) is 13.7. The van der Waals surface area contributed by atoms with E-state index in [2.05, 4.69) is 18.7 Å². The average Bonchev–Trinajstić information content (AvgIpc) is 2.79. The molecular formula is C17H26FN. The molecule has 0 N–H and O–H groups in total. The lowest BCUT2D eigenvalue weighted by atomic mass is 10.0. The largest absolute Gasteiger partial charge is 0.300 e. The summed E-state index contributed by atoms with van der Waals surface area (Å²) in [6.07, 6.45) is 5.92.